The second kappa shape index (κ2) is 10.1. The lowest BCUT2D eigenvalue weighted by atomic mass is 10.2. The van der Waals surface area contributed by atoms with Crippen molar-refractivity contribution >= 4 is 30.3 Å². The van der Waals surface area contributed by atoms with Crippen LogP contribution in [0, 0.1) is 4.77 Å². The van der Waals surface area contributed by atoms with E-state index in [0.717, 1.165) is 50.7 Å². The molecule has 1 aromatic heterocycles. The second-order valence-electron chi connectivity index (χ2n) is 7.59. The highest BCUT2D eigenvalue weighted by Crippen LogP contribution is 2.08. The largest absolute Gasteiger partial charge is 0.379 e. The molecule has 1 aromatic carbocycles. The van der Waals surface area contributed by atoms with E-state index in [1.54, 1.807) is 0 Å². The minimum absolute atomic E-state index is 0.211. The molecular formula is C21H28N6O2S. The number of nitrogens with one attached hydrogen (secondary N) is 1. The van der Waals surface area contributed by atoms with Gasteiger partial charge in [0, 0.05) is 39.3 Å². The number of hydrogen-bond donors (Lipinski definition) is 1. The van der Waals surface area contributed by atoms with E-state index >= 15 is 0 Å². The van der Waals surface area contributed by atoms with Crippen LogP contribution >= 0.6 is 12.2 Å². The van der Waals surface area contributed by atoms with Gasteiger partial charge in [-0.3, -0.25) is 19.7 Å². The van der Waals surface area contributed by atoms with Gasteiger partial charge in [-0.25, -0.2) is 4.68 Å². The van der Waals surface area contributed by atoms with Gasteiger partial charge < -0.3 is 9.64 Å². The number of morpholine rings is 1. The summed E-state index contributed by atoms with van der Waals surface area (Å²) in [4.78, 5) is 23.4. The van der Waals surface area contributed by atoms with Crippen molar-refractivity contribution in [3.8, 4) is 0 Å². The molecule has 3 heterocycles. The van der Waals surface area contributed by atoms with Crippen LogP contribution in [0.3, 0.4) is 0 Å². The minimum Gasteiger partial charge on any atom is -0.379 e. The fourth-order valence-electron chi connectivity index (χ4n) is 3.67. The number of ether oxygens (including phenoxy) is 1. The maximum Gasteiger partial charge on any atom is 0.236 e. The number of aromatic amines is 1. The first-order chi connectivity index (χ1) is 14.7. The molecule has 4 rings (SSSR count). The van der Waals surface area contributed by atoms with Crippen LogP contribution in [0.2, 0.25) is 0 Å². The molecule has 2 aliphatic heterocycles. The van der Waals surface area contributed by atoms with Gasteiger partial charge in [0.2, 0.25) is 10.7 Å². The van der Waals surface area contributed by atoms with Crippen LogP contribution in [0.15, 0.2) is 30.3 Å². The van der Waals surface area contributed by atoms with E-state index in [-0.39, 0.29) is 5.91 Å². The Morgan fingerprint density at radius 2 is 1.77 bits per heavy atom. The van der Waals surface area contributed by atoms with Crippen LogP contribution in [0.1, 0.15) is 11.4 Å². The number of amides is 1. The van der Waals surface area contributed by atoms with Gasteiger partial charge in [-0.15, -0.1) is 0 Å². The number of hydrogen-bond acceptors (Lipinski definition) is 6. The number of carbonyl (C=O) groups excluding carboxylic acids is 1. The highest BCUT2D eigenvalue weighted by Gasteiger charge is 2.23. The summed E-state index contributed by atoms with van der Waals surface area (Å²) >= 11 is 5.41. The lowest BCUT2D eigenvalue weighted by molar-refractivity contribution is -0.135. The first-order valence-corrected chi connectivity index (χ1v) is 10.8. The molecule has 1 N–H and O–H groups in total. The smallest absolute Gasteiger partial charge is 0.236 e. The Morgan fingerprint density at radius 3 is 2.50 bits per heavy atom. The van der Waals surface area contributed by atoms with Crippen LogP contribution in [-0.2, 0) is 16.2 Å². The number of carbonyl (C=O) groups is 1. The van der Waals surface area contributed by atoms with E-state index in [0.29, 0.717) is 31.2 Å². The number of nitrogens with zero attached hydrogens (tertiary/aromatic N) is 5. The molecule has 1 amide bonds. The summed E-state index contributed by atoms with van der Waals surface area (Å²) in [6.07, 6.45) is 3.95. The predicted molar refractivity (Wildman–Crippen MR) is 118 cm³/mol. The van der Waals surface area contributed by atoms with Crippen molar-refractivity contribution in [2.45, 2.75) is 6.67 Å². The average Bonchev–Trinajstić information content (AvgIpc) is 3.13. The molecule has 2 fully saturated rings. The fourth-order valence-corrected chi connectivity index (χ4v) is 3.88. The van der Waals surface area contributed by atoms with Crippen molar-refractivity contribution in [2.75, 3.05) is 59.0 Å². The summed E-state index contributed by atoms with van der Waals surface area (Å²) in [5, 5.41) is 3.26. The van der Waals surface area contributed by atoms with Crippen molar-refractivity contribution in [3.05, 3.63) is 46.5 Å². The number of aromatic nitrogens is 3. The van der Waals surface area contributed by atoms with Gasteiger partial charge in [-0.2, -0.15) is 4.98 Å². The molecular weight excluding hydrogens is 400 g/mol. The third-order valence-electron chi connectivity index (χ3n) is 5.46. The summed E-state index contributed by atoms with van der Waals surface area (Å²) in [6, 6.07) is 10.1. The Hall–Kier alpha value is -2.33. The maximum absolute atomic E-state index is 12.6. The molecule has 9 heteroatoms. The normalized spacial score (nSPS) is 18.9. The summed E-state index contributed by atoms with van der Waals surface area (Å²) in [5.74, 6) is 0.950. The van der Waals surface area contributed by atoms with Gasteiger partial charge in [-0.1, -0.05) is 36.4 Å². The van der Waals surface area contributed by atoms with Crippen LogP contribution in [0.5, 0.6) is 0 Å². The predicted octanol–water partition coefficient (Wildman–Crippen LogP) is 1.54. The Labute approximate surface area is 181 Å². The number of rotatable bonds is 6. The molecule has 0 atom stereocenters. The number of benzene rings is 1. The molecule has 2 saturated heterocycles. The minimum atomic E-state index is 0.211. The van der Waals surface area contributed by atoms with Gasteiger partial charge >= 0.3 is 0 Å². The van der Waals surface area contributed by atoms with E-state index in [1.807, 2.05) is 52.1 Å². The molecule has 8 nitrogen and oxygen atoms in total. The topological polar surface area (TPSA) is 69.6 Å². The Kier molecular flexibility index (Phi) is 7.06. The lowest BCUT2D eigenvalue weighted by Gasteiger charge is -2.36. The van der Waals surface area contributed by atoms with Gasteiger partial charge in [0.25, 0.3) is 0 Å². The first-order valence-electron chi connectivity index (χ1n) is 10.4. The molecule has 0 aliphatic carbocycles. The zero-order valence-corrected chi connectivity index (χ0v) is 17.9. The van der Waals surface area contributed by atoms with Gasteiger partial charge in [0.05, 0.1) is 26.4 Å². The summed E-state index contributed by atoms with van der Waals surface area (Å²) in [5.41, 5.74) is 1.12. The summed E-state index contributed by atoms with van der Waals surface area (Å²) in [7, 11) is 0. The molecule has 0 unspecified atom stereocenters. The molecule has 30 heavy (non-hydrogen) atoms. The molecule has 2 aromatic rings. The quantitative estimate of drug-likeness (QED) is 0.704. The second-order valence-corrected chi connectivity index (χ2v) is 7.96. The Morgan fingerprint density at radius 1 is 1.03 bits per heavy atom. The zero-order chi connectivity index (χ0) is 20.8. The average molecular weight is 429 g/mol. The highest BCUT2D eigenvalue weighted by molar-refractivity contribution is 7.71. The van der Waals surface area contributed by atoms with Crippen molar-refractivity contribution in [3.63, 3.8) is 0 Å². The van der Waals surface area contributed by atoms with E-state index in [1.165, 1.54) is 0 Å². The Balaban J connectivity index is 1.27. The molecule has 0 bridgehead atoms. The number of piperazine rings is 1. The van der Waals surface area contributed by atoms with Gasteiger partial charge in [-0.05, 0) is 23.9 Å². The van der Waals surface area contributed by atoms with Crippen molar-refractivity contribution in [2.24, 2.45) is 0 Å². The van der Waals surface area contributed by atoms with Crippen LogP contribution < -0.4 is 0 Å². The van der Waals surface area contributed by atoms with Crippen LogP contribution in [-0.4, -0.2) is 94.4 Å². The van der Waals surface area contributed by atoms with Crippen molar-refractivity contribution < 1.29 is 9.53 Å². The molecule has 2 aliphatic rings. The van der Waals surface area contributed by atoms with E-state index in [4.69, 9.17) is 17.0 Å². The SMILES string of the molecule is O=C(CN1CCOCC1)N1CCN(Cn2[nH]c(C=Cc3ccccc3)nc2=S)CC1. The van der Waals surface area contributed by atoms with E-state index in [9.17, 15) is 4.79 Å². The van der Waals surface area contributed by atoms with Gasteiger partial charge in [0.1, 0.15) is 5.82 Å². The summed E-state index contributed by atoms with van der Waals surface area (Å²) in [6.45, 7) is 7.38. The van der Waals surface area contributed by atoms with Crippen LogP contribution in [0.25, 0.3) is 12.2 Å². The lowest BCUT2D eigenvalue weighted by Crippen LogP contribution is -2.52. The number of H-pyrrole nitrogens is 1. The third-order valence-corrected chi connectivity index (χ3v) is 5.77. The third kappa shape index (κ3) is 5.63. The Bertz CT molecular complexity index is 911. The maximum atomic E-state index is 12.6. The molecule has 0 spiro atoms. The van der Waals surface area contributed by atoms with Crippen molar-refractivity contribution in [1.29, 1.82) is 0 Å². The monoisotopic (exact) mass is 428 g/mol. The molecule has 160 valence electrons. The van der Waals surface area contributed by atoms with E-state index in [2.05, 4.69) is 19.9 Å². The zero-order valence-electron chi connectivity index (χ0n) is 17.1. The fraction of sp³-hybridized carbons (Fsp3) is 0.476. The van der Waals surface area contributed by atoms with Crippen LogP contribution in [0.4, 0.5) is 0 Å². The van der Waals surface area contributed by atoms with E-state index < -0.39 is 0 Å². The van der Waals surface area contributed by atoms with Gasteiger partial charge in [0.15, 0.2) is 0 Å². The molecule has 0 radical (unpaired) electrons. The summed E-state index contributed by atoms with van der Waals surface area (Å²) < 4.78 is 7.77. The highest BCUT2D eigenvalue weighted by atomic mass is 32.1. The molecule has 0 saturated carbocycles. The van der Waals surface area contributed by atoms with Crippen molar-refractivity contribution in [1.82, 2.24) is 29.5 Å². The first kappa shape index (κ1) is 20.9. The standard InChI is InChI=1S/C21H28N6O2S/c28-20(16-24-12-14-29-15-13-24)26-10-8-25(9-11-26)17-27-21(30)22-19(23-27)7-6-18-4-2-1-3-5-18/h1-7H,8-17H2,(H,22,23,30).